The molecule has 1 heterocycles. The fourth-order valence-corrected chi connectivity index (χ4v) is 1.71. The molecule has 74 valence electrons. The average molecular weight is 191 g/mol. The van der Waals surface area contributed by atoms with E-state index in [0.717, 1.165) is 22.2 Å². The van der Waals surface area contributed by atoms with Crippen molar-refractivity contribution in [2.45, 2.75) is 26.7 Å². The lowest BCUT2D eigenvalue weighted by Gasteiger charge is -1.97. The van der Waals surface area contributed by atoms with Crippen LogP contribution in [-0.4, -0.2) is 4.98 Å². The van der Waals surface area contributed by atoms with Crippen molar-refractivity contribution >= 4 is 10.9 Å². The van der Waals surface area contributed by atoms with E-state index in [2.05, 4.69) is 24.9 Å². The number of aromatic amines is 1. The standard InChI is InChI=1S/C12H14FN/c1-7(2)11-6-10-8(3)4-9(13)5-12(10)14-11/h4-7,14H,1-3H3. The monoisotopic (exact) mass is 191 g/mol. The third-order valence-electron chi connectivity index (χ3n) is 2.55. The van der Waals surface area contributed by atoms with Crippen LogP contribution in [0.4, 0.5) is 4.39 Å². The van der Waals surface area contributed by atoms with E-state index < -0.39 is 0 Å². The smallest absolute Gasteiger partial charge is 0.125 e. The number of hydrogen-bond donors (Lipinski definition) is 1. The van der Waals surface area contributed by atoms with Crippen molar-refractivity contribution in [2.24, 2.45) is 0 Å². The van der Waals surface area contributed by atoms with Gasteiger partial charge in [0.1, 0.15) is 5.82 Å². The minimum atomic E-state index is -0.174. The first-order valence-corrected chi connectivity index (χ1v) is 4.86. The summed E-state index contributed by atoms with van der Waals surface area (Å²) in [4.78, 5) is 3.24. The van der Waals surface area contributed by atoms with E-state index in [0.29, 0.717) is 5.92 Å². The molecular weight excluding hydrogens is 177 g/mol. The summed E-state index contributed by atoms with van der Waals surface area (Å²) >= 11 is 0. The van der Waals surface area contributed by atoms with Crippen molar-refractivity contribution < 1.29 is 4.39 Å². The Kier molecular flexibility index (Phi) is 2.06. The van der Waals surface area contributed by atoms with Crippen LogP contribution in [0.15, 0.2) is 18.2 Å². The Morgan fingerprint density at radius 3 is 2.57 bits per heavy atom. The number of hydrogen-bond acceptors (Lipinski definition) is 0. The lowest BCUT2D eigenvalue weighted by atomic mass is 10.1. The predicted molar refractivity (Wildman–Crippen MR) is 57.1 cm³/mol. The largest absolute Gasteiger partial charge is 0.358 e. The predicted octanol–water partition coefficient (Wildman–Crippen LogP) is 3.74. The maximum Gasteiger partial charge on any atom is 0.125 e. The van der Waals surface area contributed by atoms with Gasteiger partial charge in [0.15, 0.2) is 0 Å². The zero-order valence-electron chi connectivity index (χ0n) is 8.69. The van der Waals surface area contributed by atoms with Crippen LogP contribution < -0.4 is 0 Å². The first-order valence-electron chi connectivity index (χ1n) is 4.86. The fraction of sp³-hybridized carbons (Fsp3) is 0.333. The molecule has 0 aliphatic heterocycles. The molecule has 1 aromatic heterocycles. The van der Waals surface area contributed by atoms with Crippen molar-refractivity contribution in [3.05, 3.63) is 35.3 Å². The first kappa shape index (κ1) is 9.25. The molecule has 1 N–H and O–H groups in total. The van der Waals surface area contributed by atoms with Crippen LogP contribution in [0.2, 0.25) is 0 Å². The van der Waals surface area contributed by atoms with Gasteiger partial charge in [0.2, 0.25) is 0 Å². The number of H-pyrrole nitrogens is 1. The molecule has 0 aliphatic rings. The first-order chi connectivity index (χ1) is 6.58. The summed E-state index contributed by atoms with van der Waals surface area (Å²) in [5, 5.41) is 1.12. The Morgan fingerprint density at radius 1 is 1.21 bits per heavy atom. The van der Waals surface area contributed by atoms with Crippen LogP contribution in [-0.2, 0) is 0 Å². The summed E-state index contributed by atoms with van der Waals surface area (Å²) in [6.45, 7) is 6.18. The Morgan fingerprint density at radius 2 is 1.93 bits per heavy atom. The average Bonchev–Trinajstić information content (AvgIpc) is 2.47. The molecule has 0 atom stereocenters. The molecule has 0 amide bonds. The van der Waals surface area contributed by atoms with E-state index in [-0.39, 0.29) is 5.82 Å². The maximum atomic E-state index is 13.1. The van der Waals surface area contributed by atoms with E-state index in [1.165, 1.54) is 0 Å². The molecule has 0 fully saturated rings. The van der Waals surface area contributed by atoms with E-state index in [1.807, 2.05) is 6.92 Å². The number of rotatable bonds is 1. The van der Waals surface area contributed by atoms with Crippen LogP contribution in [0.5, 0.6) is 0 Å². The summed E-state index contributed by atoms with van der Waals surface area (Å²) in [6, 6.07) is 5.23. The molecule has 1 nitrogen and oxygen atoms in total. The molecule has 1 aromatic carbocycles. The third-order valence-corrected chi connectivity index (χ3v) is 2.55. The molecule has 0 aliphatic carbocycles. The number of halogens is 1. The second-order valence-electron chi connectivity index (χ2n) is 4.06. The highest BCUT2D eigenvalue weighted by Gasteiger charge is 2.07. The van der Waals surface area contributed by atoms with Crippen molar-refractivity contribution in [3.63, 3.8) is 0 Å². The summed E-state index contributed by atoms with van der Waals surface area (Å²) in [5.74, 6) is 0.275. The maximum absolute atomic E-state index is 13.1. The Labute approximate surface area is 82.9 Å². The van der Waals surface area contributed by atoms with Crippen LogP contribution in [0.1, 0.15) is 31.0 Å². The molecule has 0 bridgehead atoms. The Bertz CT molecular complexity index is 468. The van der Waals surface area contributed by atoms with Gasteiger partial charge in [-0.3, -0.25) is 0 Å². The summed E-state index contributed by atoms with van der Waals surface area (Å²) in [7, 11) is 0. The lowest BCUT2D eigenvalue weighted by Crippen LogP contribution is -1.84. The summed E-state index contributed by atoms with van der Waals surface area (Å²) < 4.78 is 13.1. The zero-order chi connectivity index (χ0) is 10.3. The van der Waals surface area contributed by atoms with Gasteiger partial charge in [-0.1, -0.05) is 13.8 Å². The van der Waals surface area contributed by atoms with Gasteiger partial charge in [-0.05, 0) is 36.6 Å². The van der Waals surface area contributed by atoms with E-state index >= 15 is 0 Å². The van der Waals surface area contributed by atoms with Crippen LogP contribution in [0, 0.1) is 12.7 Å². The van der Waals surface area contributed by atoms with Gasteiger partial charge in [-0.2, -0.15) is 0 Å². The van der Waals surface area contributed by atoms with Crippen molar-refractivity contribution in [3.8, 4) is 0 Å². The van der Waals surface area contributed by atoms with Gasteiger partial charge in [-0.15, -0.1) is 0 Å². The molecule has 2 rings (SSSR count). The molecule has 2 aromatic rings. The fourth-order valence-electron chi connectivity index (χ4n) is 1.71. The molecular formula is C12H14FN. The molecule has 2 heteroatoms. The van der Waals surface area contributed by atoms with Gasteiger partial charge in [-0.25, -0.2) is 4.39 Å². The number of nitrogens with one attached hydrogen (secondary N) is 1. The van der Waals surface area contributed by atoms with Crippen molar-refractivity contribution in [1.29, 1.82) is 0 Å². The SMILES string of the molecule is Cc1cc(F)cc2[nH]c(C(C)C)cc12. The molecule has 0 unspecified atom stereocenters. The lowest BCUT2D eigenvalue weighted by molar-refractivity contribution is 0.628. The Balaban J connectivity index is 2.70. The topological polar surface area (TPSA) is 15.8 Å². The number of aromatic nitrogens is 1. The minimum absolute atomic E-state index is 0.174. The molecule has 0 radical (unpaired) electrons. The number of fused-ring (bicyclic) bond motifs is 1. The normalized spacial score (nSPS) is 11.5. The molecule has 0 saturated carbocycles. The van der Waals surface area contributed by atoms with Crippen LogP contribution in [0.3, 0.4) is 0 Å². The van der Waals surface area contributed by atoms with E-state index in [4.69, 9.17) is 0 Å². The highest BCUT2D eigenvalue weighted by molar-refractivity contribution is 5.83. The highest BCUT2D eigenvalue weighted by Crippen LogP contribution is 2.24. The highest BCUT2D eigenvalue weighted by atomic mass is 19.1. The summed E-state index contributed by atoms with van der Waals surface area (Å²) in [5.41, 5.74) is 3.04. The van der Waals surface area contributed by atoms with Gasteiger partial charge in [0, 0.05) is 16.6 Å². The van der Waals surface area contributed by atoms with Gasteiger partial charge in [0.25, 0.3) is 0 Å². The zero-order valence-corrected chi connectivity index (χ0v) is 8.69. The minimum Gasteiger partial charge on any atom is -0.358 e. The molecule has 0 spiro atoms. The Hall–Kier alpha value is -1.31. The van der Waals surface area contributed by atoms with Crippen molar-refractivity contribution in [2.75, 3.05) is 0 Å². The van der Waals surface area contributed by atoms with Crippen molar-refractivity contribution in [1.82, 2.24) is 4.98 Å². The molecule has 14 heavy (non-hydrogen) atoms. The second kappa shape index (κ2) is 3.12. The number of benzene rings is 1. The van der Waals surface area contributed by atoms with E-state index in [9.17, 15) is 4.39 Å². The van der Waals surface area contributed by atoms with Gasteiger partial charge >= 0.3 is 0 Å². The van der Waals surface area contributed by atoms with E-state index in [1.54, 1.807) is 12.1 Å². The summed E-state index contributed by atoms with van der Waals surface area (Å²) in [6.07, 6.45) is 0. The molecule has 0 saturated heterocycles. The van der Waals surface area contributed by atoms with Crippen LogP contribution >= 0.6 is 0 Å². The van der Waals surface area contributed by atoms with Gasteiger partial charge in [0.05, 0.1) is 0 Å². The quantitative estimate of drug-likeness (QED) is 0.706. The van der Waals surface area contributed by atoms with Gasteiger partial charge < -0.3 is 4.98 Å². The third kappa shape index (κ3) is 1.41. The number of aryl methyl sites for hydroxylation is 1. The van der Waals surface area contributed by atoms with Crippen LogP contribution in [0.25, 0.3) is 10.9 Å². The second-order valence-corrected chi connectivity index (χ2v) is 4.06.